The van der Waals surface area contributed by atoms with Crippen molar-refractivity contribution in [2.45, 2.75) is 125 Å². The summed E-state index contributed by atoms with van der Waals surface area (Å²) in [6.45, 7) is 24.4. The summed E-state index contributed by atoms with van der Waals surface area (Å²) in [6, 6.07) is 2.46. The summed E-state index contributed by atoms with van der Waals surface area (Å²) in [5.41, 5.74) is 1.22. The van der Waals surface area contributed by atoms with Crippen LogP contribution in [0.5, 0.6) is 0 Å². The number of piperidine rings is 3. The van der Waals surface area contributed by atoms with Crippen molar-refractivity contribution in [2.75, 3.05) is 13.1 Å². The third-order valence-electron chi connectivity index (χ3n) is 9.03. The first-order chi connectivity index (χ1) is 13.7. The van der Waals surface area contributed by atoms with Crippen LogP contribution in [0.15, 0.2) is 0 Å². The molecule has 30 heavy (non-hydrogen) atoms. The Balaban J connectivity index is 1.75. The van der Waals surface area contributed by atoms with E-state index in [1.165, 1.54) is 51.6 Å². The molecule has 6 atom stereocenters. The fraction of sp³-hybridized carbons (Fsp3) is 1.00. The second-order valence-corrected chi connectivity index (χ2v) is 14.2. The van der Waals surface area contributed by atoms with Gasteiger partial charge in [-0.15, -0.1) is 0 Å². The standard InChI is InChI=1S/C27H53N3/c1-25(2,3)18-10-12-28-21(14-18)23-16-20(27(7,8)9)17-24(30-23)22-15-19(11-13-29-22)26(4,5)6/h18-24,28-30H,10-17H2,1-9H3. The lowest BCUT2D eigenvalue weighted by Crippen LogP contribution is -2.64. The quantitative estimate of drug-likeness (QED) is 0.545. The molecule has 0 aromatic carbocycles. The van der Waals surface area contributed by atoms with Gasteiger partial charge in [0, 0.05) is 24.2 Å². The highest BCUT2D eigenvalue weighted by molar-refractivity contribution is 5.02. The lowest BCUT2D eigenvalue weighted by molar-refractivity contribution is 0.0611. The van der Waals surface area contributed by atoms with Crippen molar-refractivity contribution >= 4 is 0 Å². The molecule has 3 heteroatoms. The van der Waals surface area contributed by atoms with Crippen LogP contribution in [0.4, 0.5) is 0 Å². The van der Waals surface area contributed by atoms with Gasteiger partial charge in [-0.3, -0.25) is 0 Å². The lowest BCUT2D eigenvalue weighted by atomic mass is 9.66. The maximum atomic E-state index is 4.21. The Morgan fingerprint density at radius 2 is 0.800 bits per heavy atom. The molecule has 3 aliphatic heterocycles. The van der Waals surface area contributed by atoms with Crippen LogP contribution in [0, 0.1) is 34.0 Å². The molecule has 0 amide bonds. The van der Waals surface area contributed by atoms with E-state index in [9.17, 15) is 0 Å². The highest BCUT2D eigenvalue weighted by atomic mass is 15.1. The molecule has 3 fully saturated rings. The van der Waals surface area contributed by atoms with Gasteiger partial charge >= 0.3 is 0 Å². The van der Waals surface area contributed by atoms with Crippen LogP contribution in [0.2, 0.25) is 0 Å². The first-order valence-electron chi connectivity index (χ1n) is 13.0. The zero-order valence-corrected chi connectivity index (χ0v) is 21.7. The van der Waals surface area contributed by atoms with Gasteiger partial charge in [0.05, 0.1) is 0 Å². The maximum Gasteiger partial charge on any atom is 0.0227 e. The Kier molecular flexibility index (Phi) is 7.37. The molecule has 3 saturated heterocycles. The zero-order valence-electron chi connectivity index (χ0n) is 21.7. The summed E-state index contributed by atoms with van der Waals surface area (Å²) in [7, 11) is 0. The molecule has 3 aliphatic rings. The predicted octanol–water partition coefficient (Wildman–Crippen LogP) is 5.60. The van der Waals surface area contributed by atoms with Crippen LogP contribution in [0.3, 0.4) is 0 Å². The third kappa shape index (κ3) is 6.01. The first-order valence-corrected chi connectivity index (χ1v) is 13.0. The van der Waals surface area contributed by atoms with Crippen LogP contribution in [-0.2, 0) is 0 Å². The van der Waals surface area contributed by atoms with E-state index in [1.54, 1.807) is 0 Å². The fourth-order valence-electron chi connectivity index (χ4n) is 6.48. The highest BCUT2D eigenvalue weighted by Gasteiger charge is 2.43. The molecule has 0 saturated carbocycles. The number of nitrogens with one attached hydrogen (secondary N) is 3. The molecule has 176 valence electrons. The Bertz CT molecular complexity index is 508. The van der Waals surface area contributed by atoms with Gasteiger partial charge in [0.1, 0.15) is 0 Å². The molecule has 0 aromatic rings. The van der Waals surface area contributed by atoms with Crippen LogP contribution >= 0.6 is 0 Å². The Morgan fingerprint density at radius 3 is 1.13 bits per heavy atom. The van der Waals surface area contributed by atoms with Crippen molar-refractivity contribution < 1.29 is 0 Å². The smallest absolute Gasteiger partial charge is 0.0227 e. The normalized spacial score (nSPS) is 39.7. The second kappa shape index (κ2) is 9.02. The van der Waals surface area contributed by atoms with Crippen molar-refractivity contribution in [2.24, 2.45) is 34.0 Å². The summed E-state index contributed by atoms with van der Waals surface area (Å²) in [6.07, 6.45) is 7.96. The van der Waals surface area contributed by atoms with Gasteiger partial charge in [-0.05, 0) is 85.6 Å². The van der Waals surface area contributed by atoms with Gasteiger partial charge in [-0.25, -0.2) is 0 Å². The van der Waals surface area contributed by atoms with Gasteiger partial charge in [-0.1, -0.05) is 62.3 Å². The summed E-state index contributed by atoms with van der Waals surface area (Å²) in [5.74, 6) is 2.46. The molecule has 6 unspecified atom stereocenters. The van der Waals surface area contributed by atoms with Gasteiger partial charge in [0.25, 0.3) is 0 Å². The average molecular weight is 420 g/mol. The summed E-state index contributed by atoms with van der Waals surface area (Å²) >= 11 is 0. The van der Waals surface area contributed by atoms with Gasteiger partial charge < -0.3 is 16.0 Å². The maximum absolute atomic E-state index is 4.21. The Hall–Kier alpha value is -0.120. The fourth-order valence-corrected chi connectivity index (χ4v) is 6.48. The molecular weight excluding hydrogens is 366 g/mol. The monoisotopic (exact) mass is 419 g/mol. The summed E-state index contributed by atoms with van der Waals surface area (Å²) in [5, 5.41) is 12.1. The van der Waals surface area contributed by atoms with Crippen LogP contribution in [0.25, 0.3) is 0 Å². The van der Waals surface area contributed by atoms with Gasteiger partial charge in [0.15, 0.2) is 0 Å². The summed E-state index contributed by atoms with van der Waals surface area (Å²) in [4.78, 5) is 0. The first kappa shape index (κ1) is 24.5. The SMILES string of the molecule is CC(C)(C)C1CCNC(C2CC(C(C)(C)C)CC(C3CC(C(C)(C)C)CCN3)N2)C1. The van der Waals surface area contributed by atoms with Crippen molar-refractivity contribution in [1.82, 2.24) is 16.0 Å². The minimum Gasteiger partial charge on any atom is -0.312 e. The molecule has 0 aliphatic carbocycles. The van der Waals surface area contributed by atoms with Crippen molar-refractivity contribution in [3.05, 3.63) is 0 Å². The molecule has 3 N–H and O–H groups in total. The van der Waals surface area contributed by atoms with Gasteiger partial charge in [-0.2, -0.15) is 0 Å². The minimum absolute atomic E-state index is 0.384. The molecule has 0 spiro atoms. The highest BCUT2D eigenvalue weighted by Crippen LogP contribution is 2.42. The van der Waals surface area contributed by atoms with Crippen molar-refractivity contribution in [3.8, 4) is 0 Å². The van der Waals surface area contributed by atoms with E-state index in [0.717, 1.165) is 17.8 Å². The van der Waals surface area contributed by atoms with E-state index in [0.29, 0.717) is 40.4 Å². The van der Waals surface area contributed by atoms with E-state index >= 15 is 0 Å². The Morgan fingerprint density at radius 1 is 0.467 bits per heavy atom. The van der Waals surface area contributed by atoms with Gasteiger partial charge in [0.2, 0.25) is 0 Å². The molecule has 3 nitrogen and oxygen atoms in total. The molecule has 3 rings (SSSR count). The zero-order chi connectivity index (χ0) is 22.3. The average Bonchev–Trinajstić information content (AvgIpc) is 2.66. The summed E-state index contributed by atoms with van der Waals surface area (Å²) < 4.78 is 0. The van der Waals surface area contributed by atoms with Crippen LogP contribution in [-0.4, -0.2) is 37.3 Å². The second-order valence-electron chi connectivity index (χ2n) is 14.2. The predicted molar refractivity (Wildman–Crippen MR) is 131 cm³/mol. The minimum atomic E-state index is 0.384. The van der Waals surface area contributed by atoms with E-state index in [4.69, 9.17) is 0 Å². The number of hydrogen-bond donors (Lipinski definition) is 3. The number of rotatable bonds is 2. The lowest BCUT2D eigenvalue weighted by Gasteiger charge is -2.51. The number of hydrogen-bond acceptors (Lipinski definition) is 3. The largest absolute Gasteiger partial charge is 0.312 e. The molecule has 3 heterocycles. The Labute approximate surface area is 188 Å². The van der Waals surface area contributed by atoms with Crippen LogP contribution in [0.1, 0.15) is 101 Å². The van der Waals surface area contributed by atoms with Crippen LogP contribution < -0.4 is 16.0 Å². The molecule has 0 radical (unpaired) electrons. The molecular formula is C27H53N3. The van der Waals surface area contributed by atoms with E-state index in [1.807, 2.05) is 0 Å². The topological polar surface area (TPSA) is 36.1 Å². The van der Waals surface area contributed by atoms with Crippen molar-refractivity contribution in [1.29, 1.82) is 0 Å². The molecule has 0 aromatic heterocycles. The van der Waals surface area contributed by atoms with E-state index in [-0.39, 0.29) is 0 Å². The van der Waals surface area contributed by atoms with E-state index < -0.39 is 0 Å². The van der Waals surface area contributed by atoms with E-state index in [2.05, 4.69) is 78.3 Å². The third-order valence-corrected chi connectivity index (χ3v) is 9.03. The van der Waals surface area contributed by atoms with Crippen molar-refractivity contribution in [3.63, 3.8) is 0 Å². The molecule has 0 bridgehead atoms.